The van der Waals surface area contributed by atoms with E-state index in [1.165, 1.54) is 37.4 Å². The van der Waals surface area contributed by atoms with Crippen LogP contribution < -0.4 is 10.1 Å². The van der Waals surface area contributed by atoms with Crippen LogP contribution in [0.1, 0.15) is 10.4 Å². The van der Waals surface area contributed by atoms with Gasteiger partial charge in [0, 0.05) is 6.07 Å². The number of amides is 1. The number of ether oxygens (including phenoxy) is 1. The first-order valence-electron chi connectivity index (χ1n) is 6.02. The number of nitro benzene ring substituents is 1. The Kier molecular flexibility index (Phi) is 4.57. The van der Waals surface area contributed by atoms with Crippen LogP contribution in [0, 0.1) is 15.9 Å². The third kappa shape index (κ3) is 3.15. The molecule has 2 aromatic carbocycles. The van der Waals surface area contributed by atoms with Crippen molar-refractivity contribution in [2.45, 2.75) is 0 Å². The van der Waals surface area contributed by atoms with Gasteiger partial charge in [-0.2, -0.15) is 0 Å². The van der Waals surface area contributed by atoms with Crippen LogP contribution in [0.2, 0.25) is 5.02 Å². The molecule has 0 aliphatic heterocycles. The minimum atomic E-state index is -0.845. The van der Waals surface area contributed by atoms with E-state index in [0.717, 1.165) is 6.07 Å². The molecule has 0 atom stereocenters. The van der Waals surface area contributed by atoms with Crippen LogP contribution in [0.5, 0.6) is 5.75 Å². The van der Waals surface area contributed by atoms with Crippen molar-refractivity contribution in [3.63, 3.8) is 0 Å². The molecular weight excluding hydrogens is 315 g/mol. The minimum absolute atomic E-state index is 0.0880. The fraction of sp³-hybridized carbons (Fsp3) is 0.0714. The van der Waals surface area contributed by atoms with Gasteiger partial charge in [0.05, 0.1) is 34.4 Å². The summed E-state index contributed by atoms with van der Waals surface area (Å²) < 4.78 is 18.8. The molecule has 0 aliphatic rings. The van der Waals surface area contributed by atoms with Crippen molar-refractivity contribution in [3.8, 4) is 5.75 Å². The summed E-state index contributed by atoms with van der Waals surface area (Å²) in [6.45, 7) is 0. The molecule has 0 radical (unpaired) electrons. The van der Waals surface area contributed by atoms with Crippen molar-refractivity contribution < 1.29 is 18.8 Å². The summed E-state index contributed by atoms with van der Waals surface area (Å²) in [5, 5.41) is 13.0. The lowest BCUT2D eigenvalue weighted by Gasteiger charge is -2.10. The fourth-order valence-corrected chi connectivity index (χ4v) is 1.94. The maximum absolute atomic E-state index is 13.8. The van der Waals surface area contributed by atoms with Gasteiger partial charge in [0.15, 0.2) is 5.82 Å². The van der Waals surface area contributed by atoms with Crippen molar-refractivity contribution in [1.29, 1.82) is 0 Å². The molecule has 0 bridgehead atoms. The van der Waals surface area contributed by atoms with Crippen LogP contribution in [0.15, 0.2) is 36.4 Å². The van der Waals surface area contributed by atoms with Gasteiger partial charge < -0.3 is 10.1 Å². The molecule has 0 aliphatic carbocycles. The predicted octanol–water partition coefficient (Wildman–Crippen LogP) is 3.65. The van der Waals surface area contributed by atoms with E-state index < -0.39 is 16.6 Å². The lowest BCUT2D eigenvalue weighted by atomic mass is 10.2. The van der Waals surface area contributed by atoms with E-state index in [9.17, 15) is 19.3 Å². The Balaban J connectivity index is 2.32. The van der Waals surface area contributed by atoms with Crippen LogP contribution in [0.4, 0.5) is 15.8 Å². The highest BCUT2D eigenvalue weighted by atomic mass is 35.5. The third-order valence-electron chi connectivity index (χ3n) is 2.84. The molecule has 2 aromatic rings. The number of methoxy groups -OCH3 is 1. The summed E-state index contributed by atoms with van der Waals surface area (Å²) >= 11 is 5.62. The SMILES string of the molecule is COc1cc([N+](=O)[O-])ccc1NC(=O)c1cccc(Cl)c1F. The van der Waals surface area contributed by atoms with E-state index in [-0.39, 0.29) is 27.7 Å². The number of nitrogens with one attached hydrogen (secondary N) is 1. The molecule has 0 saturated carbocycles. The highest BCUT2D eigenvalue weighted by Crippen LogP contribution is 2.29. The van der Waals surface area contributed by atoms with E-state index in [0.29, 0.717) is 0 Å². The molecule has 0 unspecified atom stereocenters. The number of carbonyl (C=O) groups excluding carboxylic acids is 1. The Morgan fingerprint density at radius 1 is 1.36 bits per heavy atom. The lowest BCUT2D eigenvalue weighted by Crippen LogP contribution is -2.14. The number of halogens is 2. The molecule has 0 saturated heterocycles. The predicted molar refractivity (Wildman–Crippen MR) is 79.0 cm³/mol. The van der Waals surface area contributed by atoms with E-state index in [1.54, 1.807) is 0 Å². The third-order valence-corrected chi connectivity index (χ3v) is 3.13. The number of benzene rings is 2. The first-order chi connectivity index (χ1) is 10.4. The van der Waals surface area contributed by atoms with Gasteiger partial charge in [-0.1, -0.05) is 17.7 Å². The van der Waals surface area contributed by atoms with Gasteiger partial charge in [0.1, 0.15) is 5.75 Å². The van der Waals surface area contributed by atoms with Crippen LogP contribution in [-0.4, -0.2) is 17.9 Å². The topological polar surface area (TPSA) is 81.5 Å². The Bertz CT molecular complexity index is 752. The summed E-state index contributed by atoms with van der Waals surface area (Å²) in [5.74, 6) is -1.50. The molecule has 0 aromatic heterocycles. The minimum Gasteiger partial charge on any atom is -0.494 e. The standard InChI is InChI=1S/C14H10ClFN2O4/c1-22-12-7-8(18(20)21)5-6-11(12)17-14(19)9-3-2-4-10(15)13(9)16/h2-7H,1H3,(H,17,19). The van der Waals surface area contributed by atoms with Crippen molar-refractivity contribution in [2.24, 2.45) is 0 Å². The van der Waals surface area contributed by atoms with Gasteiger partial charge in [-0.05, 0) is 18.2 Å². The molecule has 22 heavy (non-hydrogen) atoms. The second-order valence-corrected chi connectivity index (χ2v) is 4.60. The van der Waals surface area contributed by atoms with Crippen molar-refractivity contribution in [3.05, 3.63) is 62.9 Å². The number of nitro groups is 1. The maximum Gasteiger partial charge on any atom is 0.273 e. The Hall–Kier alpha value is -2.67. The monoisotopic (exact) mass is 324 g/mol. The number of rotatable bonds is 4. The van der Waals surface area contributed by atoms with Gasteiger partial charge >= 0.3 is 0 Å². The fourth-order valence-electron chi connectivity index (χ4n) is 1.77. The van der Waals surface area contributed by atoms with Crippen molar-refractivity contribution in [2.75, 3.05) is 12.4 Å². The molecule has 0 heterocycles. The molecule has 6 nitrogen and oxygen atoms in total. The van der Waals surface area contributed by atoms with Gasteiger partial charge in [0.25, 0.3) is 11.6 Å². The molecular formula is C14H10ClFN2O4. The number of anilines is 1. The van der Waals surface area contributed by atoms with Crippen LogP contribution in [-0.2, 0) is 0 Å². The van der Waals surface area contributed by atoms with E-state index in [1.807, 2.05) is 0 Å². The van der Waals surface area contributed by atoms with Gasteiger partial charge in [0.2, 0.25) is 0 Å². The zero-order valence-electron chi connectivity index (χ0n) is 11.3. The zero-order chi connectivity index (χ0) is 16.3. The summed E-state index contributed by atoms with van der Waals surface area (Å²) in [4.78, 5) is 22.2. The van der Waals surface area contributed by atoms with E-state index >= 15 is 0 Å². The largest absolute Gasteiger partial charge is 0.494 e. The lowest BCUT2D eigenvalue weighted by molar-refractivity contribution is -0.384. The molecule has 1 N–H and O–H groups in total. The van der Waals surface area contributed by atoms with Crippen LogP contribution in [0.25, 0.3) is 0 Å². The van der Waals surface area contributed by atoms with Gasteiger partial charge in [-0.25, -0.2) is 4.39 Å². The average molecular weight is 325 g/mol. The summed E-state index contributed by atoms with van der Waals surface area (Å²) in [6, 6.07) is 7.69. The summed E-state index contributed by atoms with van der Waals surface area (Å²) in [7, 11) is 1.30. The number of nitrogens with zero attached hydrogens (tertiary/aromatic N) is 1. The highest BCUT2D eigenvalue weighted by Gasteiger charge is 2.17. The first-order valence-corrected chi connectivity index (χ1v) is 6.39. The van der Waals surface area contributed by atoms with Gasteiger partial charge in [-0.3, -0.25) is 14.9 Å². The smallest absolute Gasteiger partial charge is 0.273 e. The Labute approximate surface area is 129 Å². The summed E-state index contributed by atoms with van der Waals surface area (Å²) in [5.41, 5.74) is -0.255. The number of hydrogen-bond acceptors (Lipinski definition) is 4. The van der Waals surface area contributed by atoms with Crippen molar-refractivity contribution in [1.82, 2.24) is 0 Å². The van der Waals surface area contributed by atoms with E-state index in [2.05, 4.69) is 5.32 Å². The average Bonchev–Trinajstić information content (AvgIpc) is 2.50. The summed E-state index contributed by atoms with van der Waals surface area (Å²) in [6.07, 6.45) is 0. The second-order valence-electron chi connectivity index (χ2n) is 4.20. The molecule has 114 valence electrons. The van der Waals surface area contributed by atoms with Crippen molar-refractivity contribution >= 4 is 28.9 Å². The van der Waals surface area contributed by atoms with Crippen LogP contribution >= 0.6 is 11.6 Å². The Morgan fingerprint density at radius 2 is 2.09 bits per heavy atom. The van der Waals surface area contributed by atoms with Crippen LogP contribution in [0.3, 0.4) is 0 Å². The molecule has 1 amide bonds. The maximum atomic E-state index is 13.8. The Morgan fingerprint density at radius 3 is 2.73 bits per heavy atom. The number of non-ortho nitro benzene ring substituents is 1. The molecule has 8 heteroatoms. The molecule has 2 rings (SSSR count). The first kappa shape index (κ1) is 15.7. The highest BCUT2D eigenvalue weighted by molar-refractivity contribution is 6.31. The number of hydrogen-bond donors (Lipinski definition) is 1. The normalized spacial score (nSPS) is 10.1. The van der Waals surface area contributed by atoms with E-state index in [4.69, 9.17) is 16.3 Å². The quantitative estimate of drug-likeness (QED) is 0.687. The molecule has 0 spiro atoms. The second kappa shape index (κ2) is 6.40. The molecule has 0 fully saturated rings. The zero-order valence-corrected chi connectivity index (χ0v) is 12.1. The number of carbonyl (C=O) groups is 1. The van der Waals surface area contributed by atoms with Gasteiger partial charge in [-0.15, -0.1) is 0 Å².